The number of anilines is 1. The Kier molecular flexibility index (Phi) is 4.66. The molecule has 0 radical (unpaired) electrons. The van der Waals surface area contributed by atoms with Gasteiger partial charge in [-0.1, -0.05) is 40.5 Å². The molecular weight excluding hydrogens is 389 g/mol. The Morgan fingerprint density at radius 1 is 1.04 bits per heavy atom. The van der Waals surface area contributed by atoms with Crippen molar-refractivity contribution in [2.45, 2.75) is 0 Å². The summed E-state index contributed by atoms with van der Waals surface area (Å²) in [6, 6.07) is 15.2. The van der Waals surface area contributed by atoms with Crippen LogP contribution >= 0.6 is 23.2 Å². The van der Waals surface area contributed by atoms with Crippen LogP contribution in [-0.2, 0) is 0 Å². The summed E-state index contributed by atoms with van der Waals surface area (Å²) in [5.41, 5.74) is 1.32. The third-order valence-electron chi connectivity index (χ3n) is 3.75. The zero-order chi connectivity index (χ0) is 18.8. The standard InChI is InChI=1S/C19H11Cl2N3O3/c20-11-7-8-14(21)13(10-11)18(25)22-15-5-2-1-4-12(15)19-23-17(24-27-19)16-6-3-9-26-16/h1-10H,(H,22,25). The lowest BCUT2D eigenvalue weighted by Gasteiger charge is -2.09. The lowest BCUT2D eigenvalue weighted by molar-refractivity contribution is 0.102. The Bertz CT molecular complexity index is 1110. The van der Waals surface area contributed by atoms with Gasteiger partial charge in [0.2, 0.25) is 5.82 Å². The molecule has 2 aromatic heterocycles. The summed E-state index contributed by atoms with van der Waals surface area (Å²) in [7, 11) is 0. The van der Waals surface area contributed by atoms with E-state index in [0.717, 1.165) is 0 Å². The molecule has 0 atom stereocenters. The molecule has 0 saturated carbocycles. The number of nitrogens with one attached hydrogen (secondary N) is 1. The highest BCUT2D eigenvalue weighted by molar-refractivity contribution is 6.36. The fourth-order valence-corrected chi connectivity index (χ4v) is 2.85. The maximum absolute atomic E-state index is 12.6. The molecule has 4 rings (SSSR count). The van der Waals surface area contributed by atoms with Gasteiger partial charge in [0.25, 0.3) is 11.8 Å². The van der Waals surface area contributed by atoms with Crippen molar-refractivity contribution in [1.82, 2.24) is 10.1 Å². The van der Waals surface area contributed by atoms with Crippen molar-refractivity contribution >= 4 is 34.8 Å². The predicted octanol–water partition coefficient (Wildman–Crippen LogP) is 5.56. The number of rotatable bonds is 4. The number of furan rings is 1. The van der Waals surface area contributed by atoms with E-state index in [0.29, 0.717) is 32.9 Å². The molecule has 1 N–H and O–H groups in total. The van der Waals surface area contributed by atoms with Crippen LogP contribution in [0.4, 0.5) is 5.69 Å². The van der Waals surface area contributed by atoms with Gasteiger partial charge >= 0.3 is 0 Å². The number of hydrogen-bond donors (Lipinski definition) is 1. The van der Waals surface area contributed by atoms with Gasteiger partial charge in [-0.3, -0.25) is 4.79 Å². The molecule has 27 heavy (non-hydrogen) atoms. The van der Waals surface area contributed by atoms with Crippen LogP contribution in [0.2, 0.25) is 10.0 Å². The Hall–Kier alpha value is -3.09. The second-order valence-corrected chi connectivity index (χ2v) is 6.37. The van der Waals surface area contributed by atoms with Crippen molar-refractivity contribution in [2.75, 3.05) is 5.32 Å². The first-order valence-electron chi connectivity index (χ1n) is 7.85. The highest BCUT2D eigenvalue weighted by atomic mass is 35.5. The van der Waals surface area contributed by atoms with Gasteiger partial charge in [-0.05, 0) is 42.5 Å². The van der Waals surface area contributed by atoms with Gasteiger partial charge in [-0.2, -0.15) is 4.98 Å². The molecule has 0 unspecified atom stereocenters. The number of carbonyl (C=O) groups is 1. The molecule has 6 nitrogen and oxygen atoms in total. The van der Waals surface area contributed by atoms with Gasteiger partial charge in [0.05, 0.1) is 28.1 Å². The molecule has 0 spiro atoms. The van der Waals surface area contributed by atoms with Crippen molar-refractivity contribution in [3.05, 3.63) is 76.5 Å². The monoisotopic (exact) mass is 399 g/mol. The first-order valence-corrected chi connectivity index (χ1v) is 8.61. The molecule has 0 aliphatic heterocycles. The van der Waals surface area contributed by atoms with Crippen molar-refractivity contribution in [3.8, 4) is 23.0 Å². The van der Waals surface area contributed by atoms with Gasteiger partial charge in [0, 0.05) is 5.02 Å². The molecule has 2 aromatic carbocycles. The zero-order valence-corrected chi connectivity index (χ0v) is 15.2. The maximum atomic E-state index is 12.6. The minimum Gasteiger partial charge on any atom is -0.461 e. The summed E-state index contributed by atoms with van der Waals surface area (Å²) < 4.78 is 10.6. The van der Waals surface area contributed by atoms with Gasteiger partial charge in [0.15, 0.2) is 5.76 Å². The summed E-state index contributed by atoms with van der Waals surface area (Å²) >= 11 is 12.1. The third kappa shape index (κ3) is 3.58. The molecule has 0 bridgehead atoms. The van der Waals surface area contributed by atoms with Crippen molar-refractivity contribution in [3.63, 3.8) is 0 Å². The van der Waals surface area contributed by atoms with Crippen LogP contribution in [0.25, 0.3) is 23.0 Å². The Labute approximate surface area is 163 Å². The molecule has 4 aromatic rings. The third-order valence-corrected chi connectivity index (χ3v) is 4.31. The van der Waals surface area contributed by atoms with Crippen LogP contribution < -0.4 is 5.32 Å². The van der Waals surface area contributed by atoms with Gasteiger partial charge < -0.3 is 14.3 Å². The average Bonchev–Trinajstić information content (AvgIpc) is 3.35. The van der Waals surface area contributed by atoms with E-state index in [2.05, 4.69) is 15.5 Å². The first kappa shape index (κ1) is 17.3. The quantitative estimate of drug-likeness (QED) is 0.485. The van der Waals surface area contributed by atoms with E-state index < -0.39 is 5.91 Å². The zero-order valence-electron chi connectivity index (χ0n) is 13.6. The van der Waals surface area contributed by atoms with Crippen molar-refractivity contribution in [2.24, 2.45) is 0 Å². The van der Waals surface area contributed by atoms with Crippen molar-refractivity contribution in [1.29, 1.82) is 0 Å². The van der Waals surface area contributed by atoms with Crippen LogP contribution in [0.3, 0.4) is 0 Å². The van der Waals surface area contributed by atoms with E-state index in [1.165, 1.54) is 12.3 Å². The van der Waals surface area contributed by atoms with E-state index >= 15 is 0 Å². The van der Waals surface area contributed by atoms with E-state index in [-0.39, 0.29) is 11.5 Å². The summed E-state index contributed by atoms with van der Waals surface area (Å²) in [5.74, 6) is 0.640. The fraction of sp³-hybridized carbons (Fsp3) is 0. The lowest BCUT2D eigenvalue weighted by atomic mass is 10.1. The Morgan fingerprint density at radius 2 is 1.89 bits per heavy atom. The topological polar surface area (TPSA) is 81.2 Å². The van der Waals surface area contributed by atoms with Crippen molar-refractivity contribution < 1.29 is 13.7 Å². The molecule has 0 aliphatic rings. The highest BCUT2D eigenvalue weighted by Crippen LogP contribution is 2.30. The van der Waals surface area contributed by atoms with E-state index in [4.69, 9.17) is 32.1 Å². The first-order chi connectivity index (χ1) is 13.1. The number of nitrogens with zero attached hydrogens (tertiary/aromatic N) is 2. The summed E-state index contributed by atoms with van der Waals surface area (Å²) in [4.78, 5) is 17.0. The molecule has 0 fully saturated rings. The number of hydrogen-bond acceptors (Lipinski definition) is 5. The molecule has 2 heterocycles. The number of carbonyl (C=O) groups excluding carboxylic acids is 1. The normalized spacial score (nSPS) is 10.7. The number of aromatic nitrogens is 2. The Morgan fingerprint density at radius 3 is 2.70 bits per heavy atom. The number of halogens is 2. The summed E-state index contributed by atoms with van der Waals surface area (Å²) in [6.07, 6.45) is 1.52. The second-order valence-electron chi connectivity index (χ2n) is 5.52. The van der Waals surface area contributed by atoms with E-state index in [1.807, 2.05) is 0 Å². The number of amides is 1. The molecule has 0 aliphatic carbocycles. The van der Waals surface area contributed by atoms with E-state index in [9.17, 15) is 4.79 Å². The predicted molar refractivity (Wildman–Crippen MR) is 102 cm³/mol. The smallest absolute Gasteiger partial charge is 0.260 e. The molecule has 134 valence electrons. The molecular formula is C19H11Cl2N3O3. The van der Waals surface area contributed by atoms with Crippen LogP contribution in [0.5, 0.6) is 0 Å². The molecule has 0 saturated heterocycles. The summed E-state index contributed by atoms with van der Waals surface area (Å²) in [5, 5.41) is 7.43. The van der Waals surface area contributed by atoms with Gasteiger partial charge in [-0.25, -0.2) is 0 Å². The van der Waals surface area contributed by atoms with Crippen LogP contribution in [-0.4, -0.2) is 16.0 Å². The molecule has 1 amide bonds. The minimum absolute atomic E-state index is 0.245. The van der Waals surface area contributed by atoms with Crippen LogP contribution in [0.15, 0.2) is 69.8 Å². The minimum atomic E-state index is -0.402. The number of benzene rings is 2. The molecule has 8 heteroatoms. The SMILES string of the molecule is O=C(Nc1ccccc1-c1nc(-c2ccco2)no1)c1cc(Cl)ccc1Cl. The maximum Gasteiger partial charge on any atom is 0.260 e. The number of para-hydroxylation sites is 1. The summed E-state index contributed by atoms with van der Waals surface area (Å²) in [6.45, 7) is 0. The van der Waals surface area contributed by atoms with E-state index in [1.54, 1.807) is 48.5 Å². The van der Waals surface area contributed by atoms with Crippen LogP contribution in [0, 0.1) is 0 Å². The van der Waals surface area contributed by atoms with Gasteiger partial charge in [-0.15, -0.1) is 0 Å². The largest absolute Gasteiger partial charge is 0.461 e. The second kappa shape index (κ2) is 7.26. The fourth-order valence-electron chi connectivity index (χ4n) is 2.48. The Balaban J connectivity index is 1.66. The average molecular weight is 400 g/mol. The van der Waals surface area contributed by atoms with Crippen LogP contribution in [0.1, 0.15) is 10.4 Å². The lowest BCUT2D eigenvalue weighted by Crippen LogP contribution is -2.13. The highest BCUT2D eigenvalue weighted by Gasteiger charge is 2.18. The van der Waals surface area contributed by atoms with Gasteiger partial charge in [0.1, 0.15) is 0 Å².